The van der Waals surface area contributed by atoms with Crippen molar-refractivity contribution >= 4 is 41.1 Å². The second-order valence-corrected chi connectivity index (χ2v) is 14.9. The van der Waals surface area contributed by atoms with Crippen LogP contribution in [-0.2, 0) is 45.8 Å². The van der Waals surface area contributed by atoms with Crippen LogP contribution in [0.1, 0.15) is 35.0 Å². The molecule has 0 aliphatic carbocycles. The summed E-state index contributed by atoms with van der Waals surface area (Å²) in [5, 5.41) is 8.48. The number of ether oxygens (including phenoxy) is 4. The lowest BCUT2D eigenvalue weighted by molar-refractivity contribution is -0.126. The minimum Gasteiger partial charge on any atom is -0.491 e. The zero-order valence-corrected chi connectivity index (χ0v) is 30.7. The maximum absolute atomic E-state index is 12.5. The van der Waals surface area contributed by atoms with Crippen LogP contribution in [0.5, 0.6) is 5.75 Å². The molecule has 1 fully saturated rings. The van der Waals surface area contributed by atoms with E-state index in [0.717, 1.165) is 4.57 Å². The van der Waals surface area contributed by atoms with E-state index in [1.807, 2.05) is 0 Å². The van der Waals surface area contributed by atoms with Crippen molar-refractivity contribution in [1.82, 2.24) is 20.2 Å². The monoisotopic (exact) mass is 824 g/mol. The van der Waals surface area contributed by atoms with Crippen LogP contribution in [0.15, 0.2) is 40.4 Å². The Kier molecular flexibility index (Phi) is 16.8. The maximum atomic E-state index is 12.5. The summed E-state index contributed by atoms with van der Waals surface area (Å²) < 4.78 is 69.0. The molecule has 3 unspecified atom stereocenters. The number of anilines is 1. The largest absolute Gasteiger partial charge is 0.491 e. The number of carbonyl (C=O) groups excluding carboxylic acids is 2. The highest BCUT2D eigenvalue weighted by atomic mass is 31.3. The number of rotatable bonds is 20. The Hall–Kier alpha value is -4.20. The molecule has 1 aromatic heterocycles. The Bertz CT molecular complexity index is 1960. The van der Waals surface area contributed by atoms with E-state index >= 15 is 0 Å². The first-order valence-corrected chi connectivity index (χ1v) is 19.7. The van der Waals surface area contributed by atoms with Gasteiger partial charge < -0.3 is 54.9 Å². The molecule has 5 atom stereocenters. The third-order valence-electron chi connectivity index (χ3n) is 6.48. The van der Waals surface area contributed by atoms with E-state index in [1.54, 1.807) is 18.2 Å². The summed E-state index contributed by atoms with van der Waals surface area (Å²) in [7, 11) is -15.1. The molecular formula is C26H35N8O17P3. The first-order valence-electron chi connectivity index (χ1n) is 15.2. The fraction of sp³-hybridized carbons (Fsp3) is 0.462. The summed E-state index contributed by atoms with van der Waals surface area (Å²) in [6.45, 7) is -1.49. The maximum Gasteiger partial charge on any atom is 0.490 e. The second-order valence-electron chi connectivity index (χ2n) is 10.5. The predicted octanol–water partition coefficient (Wildman–Crippen LogP) is 0.422. The molecule has 2 heterocycles. The number of benzene rings is 1. The zero-order chi connectivity index (χ0) is 39.9. The number of nitrogens with zero attached hydrogens (tertiary/aromatic N) is 5. The standard InChI is InChI=1S/C26H35N8O17P3/c1-29-25(36)17-4-2-6-19(12-17)47-16-22(32-33-28)46-11-10-45-15-21(35)30-9-3-5-18-13-34(26(37)31-24(18)27)23-8-7-20(49-23)14-48-53(41,42)51-54(43,44)50-52(38,39)40/h2,4,6,12-13,20,22-23H,7-11,14-16H2,1H3,(H,29,36)(H,30,35)(H,41,42)(H,43,44)(H2,27,31,37)(H2,38,39,40)/t20-,22?,23+/m0/s1. The summed E-state index contributed by atoms with van der Waals surface area (Å²) in [6, 6.07) is 6.34. The quantitative estimate of drug-likeness (QED) is 0.0237. The summed E-state index contributed by atoms with van der Waals surface area (Å²) >= 11 is 0. The van der Waals surface area contributed by atoms with Gasteiger partial charge in [-0.1, -0.05) is 23.0 Å². The third kappa shape index (κ3) is 15.6. The summed E-state index contributed by atoms with van der Waals surface area (Å²) in [6.07, 6.45) is -1.38. The molecule has 0 bridgehead atoms. The number of nitrogens with two attached hydrogens (primary N) is 1. The van der Waals surface area contributed by atoms with E-state index in [1.165, 1.54) is 19.3 Å². The fourth-order valence-corrected chi connectivity index (χ4v) is 7.28. The fourth-order valence-electron chi connectivity index (χ4n) is 4.23. The van der Waals surface area contributed by atoms with E-state index in [4.69, 9.17) is 40.0 Å². The number of nitrogen functional groups attached to an aromatic ring is 1. The SMILES string of the molecule is CNC(=O)c1cccc(OCC(N=[N+]=[N-])OCCOCC(=O)NCC#Cc2cn([C@H]3CC[C@@H](COP(=O)(O)OP(=O)(O)OP(=O)(O)O)O3)c(=O)nc2N)c1. The highest BCUT2D eigenvalue weighted by Crippen LogP contribution is 2.66. The summed E-state index contributed by atoms with van der Waals surface area (Å²) in [5.74, 6) is 4.60. The van der Waals surface area contributed by atoms with Crippen molar-refractivity contribution in [3.63, 3.8) is 0 Å². The number of phosphoric acid groups is 3. The molecule has 25 nitrogen and oxygen atoms in total. The van der Waals surface area contributed by atoms with E-state index in [0.29, 0.717) is 11.3 Å². The molecule has 8 N–H and O–H groups in total. The van der Waals surface area contributed by atoms with E-state index in [-0.39, 0.29) is 63.1 Å². The van der Waals surface area contributed by atoms with Crippen LogP contribution < -0.4 is 26.8 Å². The van der Waals surface area contributed by atoms with E-state index in [2.05, 4.69) is 50.6 Å². The summed E-state index contributed by atoms with van der Waals surface area (Å²) in [4.78, 5) is 78.9. The van der Waals surface area contributed by atoms with Gasteiger partial charge in [-0.25, -0.2) is 18.5 Å². The van der Waals surface area contributed by atoms with Gasteiger partial charge in [-0.05, 0) is 36.6 Å². The summed E-state index contributed by atoms with van der Waals surface area (Å²) in [5.41, 5.74) is 14.3. The number of phosphoric ester groups is 1. The molecular weight excluding hydrogens is 789 g/mol. The average molecular weight is 825 g/mol. The van der Waals surface area contributed by atoms with Crippen molar-refractivity contribution in [3.05, 3.63) is 62.5 Å². The number of azide groups is 1. The van der Waals surface area contributed by atoms with Gasteiger partial charge in [-0.2, -0.15) is 13.6 Å². The molecule has 1 aliphatic heterocycles. The lowest BCUT2D eigenvalue weighted by atomic mass is 10.2. The molecule has 1 saturated heterocycles. The Morgan fingerprint density at radius 1 is 1.19 bits per heavy atom. The van der Waals surface area contributed by atoms with Crippen LogP contribution in [0.25, 0.3) is 10.4 Å². The van der Waals surface area contributed by atoms with Crippen molar-refractivity contribution in [2.75, 3.05) is 52.4 Å². The number of aromatic nitrogens is 2. The van der Waals surface area contributed by atoms with E-state index in [9.17, 15) is 37.9 Å². The van der Waals surface area contributed by atoms with Gasteiger partial charge in [0.1, 0.15) is 31.0 Å². The third-order valence-corrected chi connectivity index (χ3v) is 10.3. The topological polar surface area (TPSA) is 365 Å². The molecule has 0 saturated carbocycles. The second kappa shape index (κ2) is 20.5. The van der Waals surface area contributed by atoms with Crippen LogP contribution in [0.2, 0.25) is 0 Å². The van der Waals surface area contributed by atoms with Crippen molar-refractivity contribution in [3.8, 4) is 17.6 Å². The number of hydrogen-bond acceptors (Lipinski definition) is 16. The Morgan fingerprint density at radius 2 is 1.94 bits per heavy atom. The molecule has 2 amide bonds. The molecule has 0 radical (unpaired) electrons. The molecule has 296 valence electrons. The van der Waals surface area contributed by atoms with Gasteiger partial charge in [0.25, 0.3) is 5.91 Å². The van der Waals surface area contributed by atoms with Crippen molar-refractivity contribution in [1.29, 1.82) is 0 Å². The average Bonchev–Trinajstić information content (AvgIpc) is 3.56. The number of hydrogen-bond donors (Lipinski definition) is 7. The van der Waals surface area contributed by atoms with Crippen LogP contribution >= 0.6 is 23.5 Å². The zero-order valence-electron chi connectivity index (χ0n) is 28.0. The minimum atomic E-state index is -5.70. The van der Waals surface area contributed by atoms with Gasteiger partial charge in [0, 0.05) is 23.7 Å². The number of amides is 2. The predicted molar refractivity (Wildman–Crippen MR) is 181 cm³/mol. The Balaban J connectivity index is 1.41. The molecule has 1 aliphatic rings. The highest BCUT2D eigenvalue weighted by molar-refractivity contribution is 7.66. The van der Waals surface area contributed by atoms with Gasteiger partial charge in [0.05, 0.1) is 38.0 Å². The van der Waals surface area contributed by atoms with E-state index < -0.39 is 60.2 Å². The van der Waals surface area contributed by atoms with Gasteiger partial charge in [-0.3, -0.25) is 18.7 Å². The smallest absolute Gasteiger partial charge is 0.490 e. The lowest BCUT2D eigenvalue weighted by Gasteiger charge is -2.19. The number of nitrogens with one attached hydrogen (secondary N) is 2. The van der Waals surface area contributed by atoms with Crippen LogP contribution in [0.3, 0.4) is 0 Å². The molecule has 28 heteroatoms. The number of carbonyl (C=O) groups is 2. The molecule has 0 spiro atoms. The molecule has 54 heavy (non-hydrogen) atoms. The van der Waals surface area contributed by atoms with Crippen LogP contribution in [-0.4, -0.2) is 99.9 Å². The molecule has 1 aromatic carbocycles. The lowest BCUT2D eigenvalue weighted by Crippen LogP contribution is -2.29. The van der Waals surface area contributed by atoms with Gasteiger partial charge in [-0.15, -0.1) is 0 Å². The Morgan fingerprint density at radius 3 is 2.65 bits per heavy atom. The first kappa shape index (κ1) is 44.2. The van der Waals surface area contributed by atoms with Crippen molar-refractivity contribution < 1.29 is 75.0 Å². The highest BCUT2D eigenvalue weighted by Gasteiger charge is 2.41. The van der Waals surface area contributed by atoms with Crippen molar-refractivity contribution in [2.45, 2.75) is 31.4 Å². The minimum absolute atomic E-state index is 0.0468. The van der Waals surface area contributed by atoms with Gasteiger partial charge in [0.2, 0.25) is 5.91 Å². The van der Waals surface area contributed by atoms with Crippen molar-refractivity contribution in [2.24, 2.45) is 5.11 Å². The van der Waals surface area contributed by atoms with Gasteiger partial charge in [0.15, 0.2) is 6.23 Å². The Labute approximate surface area is 305 Å². The molecule has 2 aromatic rings. The normalized spacial score (nSPS) is 18.2. The first-order chi connectivity index (χ1) is 25.4. The molecule has 3 rings (SSSR count). The van der Waals surface area contributed by atoms with Gasteiger partial charge >= 0.3 is 29.2 Å². The van der Waals surface area contributed by atoms with Crippen LogP contribution in [0, 0.1) is 11.8 Å². The van der Waals surface area contributed by atoms with Crippen LogP contribution in [0.4, 0.5) is 5.82 Å².